The van der Waals surface area contributed by atoms with E-state index < -0.39 is 5.97 Å². The molecule has 0 fully saturated rings. The number of hydrogen-bond donors (Lipinski definition) is 0. The molecule has 4 heteroatoms. The van der Waals surface area contributed by atoms with Gasteiger partial charge in [-0.15, -0.1) is 0 Å². The fraction of sp³-hybridized carbons (Fsp3) is 0.385. The summed E-state index contributed by atoms with van der Waals surface area (Å²) in [6.45, 7) is 4.30. The van der Waals surface area contributed by atoms with Crippen molar-refractivity contribution in [3.05, 3.63) is 34.9 Å². The van der Waals surface area contributed by atoms with Crippen molar-refractivity contribution < 1.29 is 14.3 Å². The molecule has 4 nitrogen and oxygen atoms in total. The molecule has 0 saturated carbocycles. The van der Waals surface area contributed by atoms with Crippen molar-refractivity contribution in [1.29, 1.82) is 5.26 Å². The molecule has 0 amide bonds. The van der Waals surface area contributed by atoms with E-state index in [0.717, 1.165) is 0 Å². The Morgan fingerprint density at radius 2 is 2.00 bits per heavy atom. The molecule has 17 heavy (non-hydrogen) atoms. The SMILES string of the molecule is CC.COCc1cc(C(=O)OC)ccc1C#N. The van der Waals surface area contributed by atoms with Gasteiger partial charge in [0.15, 0.2) is 0 Å². The lowest BCUT2D eigenvalue weighted by Crippen LogP contribution is -2.03. The van der Waals surface area contributed by atoms with Crippen LogP contribution in [0.4, 0.5) is 0 Å². The molecule has 0 N–H and O–H groups in total. The van der Waals surface area contributed by atoms with E-state index in [1.54, 1.807) is 18.2 Å². The number of nitrogens with zero attached hydrogens (tertiary/aromatic N) is 1. The van der Waals surface area contributed by atoms with Gasteiger partial charge in [-0.3, -0.25) is 0 Å². The average Bonchev–Trinajstić information content (AvgIpc) is 2.40. The van der Waals surface area contributed by atoms with Crippen LogP contribution in [0.15, 0.2) is 18.2 Å². The van der Waals surface area contributed by atoms with Gasteiger partial charge in [0.25, 0.3) is 0 Å². The van der Waals surface area contributed by atoms with E-state index in [1.165, 1.54) is 14.2 Å². The Kier molecular flexibility index (Phi) is 7.40. The third-order valence-corrected chi connectivity index (χ3v) is 1.95. The summed E-state index contributed by atoms with van der Waals surface area (Å²) in [6.07, 6.45) is 0. The topological polar surface area (TPSA) is 59.3 Å². The molecule has 0 aromatic heterocycles. The summed E-state index contributed by atoms with van der Waals surface area (Å²) in [4.78, 5) is 11.2. The van der Waals surface area contributed by atoms with E-state index >= 15 is 0 Å². The van der Waals surface area contributed by atoms with Gasteiger partial charge in [-0.05, 0) is 23.8 Å². The molecule has 1 aromatic carbocycles. The highest BCUT2D eigenvalue weighted by Gasteiger charge is 2.09. The smallest absolute Gasteiger partial charge is 0.337 e. The molecule has 1 aromatic rings. The van der Waals surface area contributed by atoms with E-state index in [-0.39, 0.29) is 0 Å². The zero-order valence-electron chi connectivity index (χ0n) is 10.6. The Morgan fingerprint density at radius 3 is 2.47 bits per heavy atom. The molecular weight excluding hydrogens is 218 g/mol. The highest BCUT2D eigenvalue weighted by Crippen LogP contribution is 2.13. The number of methoxy groups -OCH3 is 2. The van der Waals surface area contributed by atoms with Gasteiger partial charge in [-0.1, -0.05) is 13.8 Å². The monoisotopic (exact) mass is 235 g/mol. The number of hydrogen-bond acceptors (Lipinski definition) is 4. The van der Waals surface area contributed by atoms with Crippen molar-refractivity contribution in [3.8, 4) is 6.07 Å². The quantitative estimate of drug-likeness (QED) is 0.755. The lowest BCUT2D eigenvalue weighted by atomic mass is 10.1. The van der Waals surface area contributed by atoms with Gasteiger partial charge in [0.2, 0.25) is 0 Å². The molecule has 0 spiro atoms. The van der Waals surface area contributed by atoms with E-state index in [9.17, 15) is 4.79 Å². The Bertz CT molecular complexity index is 408. The summed E-state index contributed by atoms with van der Waals surface area (Å²) in [5.41, 5.74) is 1.61. The maximum atomic E-state index is 11.2. The van der Waals surface area contributed by atoms with E-state index in [4.69, 9.17) is 10.00 Å². The van der Waals surface area contributed by atoms with Crippen LogP contribution in [0.2, 0.25) is 0 Å². The maximum absolute atomic E-state index is 11.2. The van der Waals surface area contributed by atoms with Crippen molar-refractivity contribution in [2.24, 2.45) is 0 Å². The van der Waals surface area contributed by atoms with Gasteiger partial charge in [0.1, 0.15) is 0 Å². The number of nitriles is 1. The Hall–Kier alpha value is -1.86. The van der Waals surface area contributed by atoms with Gasteiger partial charge in [0.05, 0.1) is 30.9 Å². The summed E-state index contributed by atoms with van der Waals surface area (Å²) < 4.78 is 9.52. The minimum absolute atomic E-state index is 0.299. The van der Waals surface area contributed by atoms with Crippen LogP contribution in [0.5, 0.6) is 0 Å². The number of rotatable bonds is 3. The Morgan fingerprint density at radius 1 is 1.35 bits per heavy atom. The Balaban J connectivity index is 0.00000121. The van der Waals surface area contributed by atoms with Gasteiger partial charge >= 0.3 is 5.97 Å². The molecule has 0 saturated heterocycles. The zero-order valence-corrected chi connectivity index (χ0v) is 10.6. The average molecular weight is 235 g/mol. The Labute approximate surface area is 102 Å². The van der Waals surface area contributed by atoms with Gasteiger partial charge in [-0.2, -0.15) is 5.26 Å². The minimum Gasteiger partial charge on any atom is -0.465 e. The van der Waals surface area contributed by atoms with Crippen molar-refractivity contribution in [1.82, 2.24) is 0 Å². The highest BCUT2D eigenvalue weighted by atomic mass is 16.5. The largest absolute Gasteiger partial charge is 0.465 e. The van der Waals surface area contributed by atoms with Crippen LogP contribution in [0.3, 0.4) is 0 Å². The molecule has 0 atom stereocenters. The van der Waals surface area contributed by atoms with Crippen LogP contribution in [0.1, 0.15) is 35.3 Å². The lowest BCUT2D eigenvalue weighted by molar-refractivity contribution is 0.0600. The van der Waals surface area contributed by atoms with Crippen LogP contribution >= 0.6 is 0 Å². The van der Waals surface area contributed by atoms with E-state index in [1.807, 2.05) is 19.9 Å². The number of carbonyl (C=O) groups excluding carboxylic acids is 1. The standard InChI is InChI=1S/C11H11NO3.C2H6/c1-14-7-10-5-8(11(13)15-2)3-4-9(10)6-12;1-2/h3-5H,7H2,1-2H3;1-2H3. The van der Waals surface area contributed by atoms with Crippen molar-refractivity contribution in [2.75, 3.05) is 14.2 Å². The molecule has 0 aliphatic heterocycles. The van der Waals surface area contributed by atoms with Crippen LogP contribution in [0.25, 0.3) is 0 Å². The summed E-state index contributed by atoms with van der Waals surface area (Å²) in [6, 6.07) is 6.78. The van der Waals surface area contributed by atoms with Gasteiger partial charge in [0, 0.05) is 7.11 Å². The van der Waals surface area contributed by atoms with Crippen molar-refractivity contribution in [3.63, 3.8) is 0 Å². The third-order valence-electron chi connectivity index (χ3n) is 1.95. The fourth-order valence-corrected chi connectivity index (χ4v) is 1.22. The van der Waals surface area contributed by atoms with Gasteiger partial charge in [-0.25, -0.2) is 4.79 Å². The first kappa shape index (κ1) is 15.1. The van der Waals surface area contributed by atoms with Gasteiger partial charge < -0.3 is 9.47 Å². The molecule has 92 valence electrons. The summed E-state index contributed by atoms with van der Waals surface area (Å²) in [5, 5.41) is 8.81. The van der Waals surface area contributed by atoms with Crippen molar-refractivity contribution in [2.45, 2.75) is 20.5 Å². The first-order chi connectivity index (χ1) is 8.22. The first-order valence-corrected chi connectivity index (χ1v) is 5.33. The molecule has 0 radical (unpaired) electrons. The molecular formula is C13H17NO3. The molecule has 0 unspecified atom stereocenters. The molecule has 0 aliphatic carbocycles. The zero-order chi connectivity index (χ0) is 13.3. The molecule has 0 heterocycles. The molecule has 1 rings (SSSR count). The van der Waals surface area contributed by atoms with Crippen molar-refractivity contribution >= 4 is 5.97 Å². The summed E-state index contributed by atoms with van der Waals surface area (Å²) in [5.74, 6) is -0.420. The first-order valence-electron chi connectivity index (χ1n) is 5.33. The second-order valence-corrected chi connectivity index (χ2v) is 2.91. The predicted molar refractivity (Wildman–Crippen MR) is 64.6 cm³/mol. The number of ether oxygens (including phenoxy) is 2. The fourth-order valence-electron chi connectivity index (χ4n) is 1.22. The molecule has 0 bridgehead atoms. The number of esters is 1. The summed E-state index contributed by atoms with van der Waals surface area (Å²) >= 11 is 0. The number of benzene rings is 1. The maximum Gasteiger partial charge on any atom is 0.337 e. The van der Waals surface area contributed by atoms with Crippen LogP contribution in [-0.4, -0.2) is 20.2 Å². The third kappa shape index (κ3) is 4.25. The van der Waals surface area contributed by atoms with E-state index in [0.29, 0.717) is 23.3 Å². The molecule has 0 aliphatic rings. The normalized spacial score (nSPS) is 8.65. The van der Waals surface area contributed by atoms with E-state index in [2.05, 4.69) is 4.74 Å². The highest BCUT2D eigenvalue weighted by molar-refractivity contribution is 5.89. The minimum atomic E-state index is -0.420. The predicted octanol–water partition coefficient (Wildman–Crippen LogP) is 2.52. The second-order valence-electron chi connectivity index (χ2n) is 2.91. The van der Waals surface area contributed by atoms with Crippen LogP contribution in [-0.2, 0) is 16.1 Å². The second kappa shape index (κ2) is 8.31. The lowest BCUT2D eigenvalue weighted by Gasteiger charge is -2.05. The van der Waals surface area contributed by atoms with Crippen LogP contribution < -0.4 is 0 Å². The summed E-state index contributed by atoms with van der Waals surface area (Å²) in [7, 11) is 2.85. The van der Waals surface area contributed by atoms with Crippen LogP contribution in [0, 0.1) is 11.3 Å². The number of carbonyl (C=O) groups is 1.